The van der Waals surface area contributed by atoms with Gasteiger partial charge in [0, 0.05) is 19.0 Å². The van der Waals surface area contributed by atoms with E-state index in [0.29, 0.717) is 19.0 Å². The zero-order chi connectivity index (χ0) is 13.1. The topological polar surface area (TPSA) is 32.3 Å². The van der Waals surface area contributed by atoms with Crippen LogP contribution in [0, 0.1) is 5.82 Å². The van der Waals surface area contributed by atoms with Crippen LogP contribution in [0.25, 0.3) is 0 Å². The van der Waals surface area contributed by atoms with Crippen molar-refractivity contribution in [2.75, 3.05) is 6.54 Å². The summed E-state index contributed by atoms with van der Waals surface area (Å²) in [4.78, 5) is 0. The van der Waals surface area contributed by atoms with E-state index < -0.39 is 11.4 Å². The molecule has 0 heterocycles. The Hall–Kier alpha value is -0.640. The van der Waals surface area contributed by atoms with Gasteiger partial charge in [0.15, 0.2) is 0 Å². The van der Waals surface area contributed by atoms with Crippen LogP contribution < -0.4 is 5.32 Å². The molecule has 0 radical (unpaired) electrons. The predicted molar refractivity (Wildman–Crippen MR) is 68.9 cm³/mol. The molecular formula is C13H19ClFNO. The largest absolute Gasteiger partial charge is 0.389 e. The molecule has 0 spiro atoms. The second-order valence-corrected chi connectivity index (χ2v) is 5.36. The average molecular weight is 260 g/mol. The highest BCUT2D eigenvalue weighted by Gasteiger charge is 2.21. The molecule has 4 heteroatoms. The molecule has 1 aromatic rings. The van der Waals surface area contributed by atoms with E-state index >= 15 is 0 Å². The van der Waals surface area contributed by atoms with Crippen LogP contribution in [0.2, 0.25) is 5.02 Å². The van der Waals surface area contributed by atoms with Crippen molar-refractivity contribution >= 4 is 11.6 Å². The fourth-order valence-electron chi connectivity index (χ4n) is 1.58. The number of hydrogen-bond donors (Lipinski definition) is 2. The third-order valence-electron chi connectivity index (χ3n) is 2.46. The van der Waals surface area contributed by atoms with Crippen molar-refractivity contribution in [1.29, 1.82) is 0 Å². The minimum absolute atomic E-state index is 0.105. The molecule has 0 aliphatic carbocycles. The van der Waals surface area contributed by atoms with Gasteiger partial charge in [-0.3, -0.25) is 0 Å². The Balaban J connectivity index is 2.65. The molecule has 17 heavy (non-hydrogen) atoms. The first-order valence-electron chi connectivity index (χ1n) is 5.70. The number of aliphatic hydroxyl groups is 1. The van der Waals surface area contributed by atoms with Crippen molar-refractivity contribution in [2.45, 2.75) is 38.8 Å². The van der Waals surface area contributed by atoms with Gasteiger partial charge in [0.05, 0.1) is 10.6 Å². The quantitative estimate of drug-likeness (QED) is 0.852. The van der Waals surface area contributed by atoms with Crippen molar-refractivity contribution in [2.24, 2.45) is 0 Å². The zero-order valence-corrected chi connectivity index (χ0v) is 11.2. The van der Waals surface area contributed by atoms with Crippen molar-refractivity contribution < 1.29 is 9.50 Å². The molecule has 1 aromatic carbocycles. The van der Waals surface area contributed by atoms with Gasteiger partial charge in [-0.25, -0.2) is 4.39 Å². The van der Waals surface area contributed by atoms with Gasteiger partial charge in [0.2, 0.25) is 0 Å². The Morgan fingerprint density at radius 2 is 2.12 bits per heavy atom. The third kappa shape index (κ3) is 5.02. The maximum absolute atomic E-state index is 13.2. The summed E-state index contributed by atoms with van der Waals surface area (Å²) in [5, 5.41) is 13.4. The molecule has 0 aliphatic rings. The Kier molecular flexibility index (Phi) is 4.92. The molecule has 2 N–H and O–H groups in total. The Labute approximate surface area is 107 Å². The van der Waals surface area contributed by atoms with Crippen molar-refractivity contribution in [3.63, 3.8) is 0 Å². The van der Waals surface area contributed by atoms with Crippen LogP contribution in [0.3, 0.4) is 0 Å². The minimum Gasteiger partial charge on any atom is -0.389 e. The van der Waals surface area contributed by atoms with Gasteiger partial charge in [-0.2, -0.15) is 0 Å². The van der Waals surface area contributed by atoms with Gasteiger partial charge in [-0.1, -0.05) is 31.5 Å². The van der Waals surface area contributed by atoms with Gasteiger partial charge >= 0.3 is 0 Å². The summed E-state index contributed by atoms with van der Waals surface area (Å²) in [5.41, 5.74) is -0.160. The van der Waals surface area contributed by atoms with Crippen molar-refractivity contribution in [1.82, 2.24) is 5.32 Å². The van der Waals surface area contributed by atoms with Crippen LogP contribution in [0.15, 0.2) is 18.2 Å². The third-order valence-corrected chi connectivity index (χ3v) is 2.77. The highest BCUT2D eigenvalue weighted by atomic mass is 35.5. The lowest BCUT2D eigenvalue weighted by molar-refractivity contribution is 0.0581. The van der Waals surface area contributed by atoms with Gasteiger partial charge < -0.3 is 10.4 Å². The normalized spacial score (nSPS) is 15.0. The molecule has 1 unspecified atom stereocenters. The summed E-state index contributed by atoms with van der Waals surface area (Å²) in [6.07, 6.45) is 0.390. The summed E-state index contributed by atoms with van der Waals surface area (Å²) in [6.45, 7) is 6.22. The molecule has 0 amide bonds. The Morgan fingerprint density at radius 1 is 1.47 bits per heavy atom. The lowest BCUT2D eigenvalue weighted by Gasteiger charge is -2.25. The number of rotatable bonds is 5. The summed E-state index contributed by atoms with van der Waals surface area (Å²) in [7, 11) is 0. The molecule has 96 valence electrons. The molecule has 0 saturated carbocycles. The Morgan fingerprint density at radius 3 is 2.65 bits per heavy atom. The number of halogens is 2. The SMILES string of the molecule is CC(C)NCC(C)(O)Cc1ccc(Cl)c(F)c1. The first kappa shape index (κ1) is 14.4. The molecule has 0 fully saturated rings. The molecule has 1 atom stereocenters. The van der Waals surface area contributed by atoms with E-state index in [2.05, 4.69) is 5.32 Å². The van der Waals surface area contributed by atoms with E-state index in [1.54, 1.807) is 13.0 Å². The molecular weight excluding hydrogens is 241 g/mol. The fraction of sp³-hybridized carbons (Fsp3) is 0.538. The van der Waals surface area contributed by atoms with Crippen LogP contribution in [0.1, 0.15) is 26.3 Å². The molecule has 0 aromatic heterocycles. The number of hydrogen-bond acceptors (Lipinski definition) is 2. The lowest BCUT2D eigenvalue weighted by atomic mass is 9.96. The second-order valence-electron chi connectivity index (χ2n) is 4.96. The maximum atomic E-state index is 13.2. The van der Waals surface area contributed by atoms with E-state index in [1.165, 1.54) is 12.1 Å². The first-order chi connectivity index (χ1) is 7.80. The average Bonchev–Trinajstić information content (AvgIpc) is 2.21. The van der Waals surface area contributed by atoms with Gasteiger partial charge in [-0.05, 0) is 24.6 Å². The molecule has 0 saturated heterocycles. The van der Waals surface area contributed by atoms with Crippen LogP contribution in [0.4, 0.5) is 4.39 Å². The van der Waals surface area contributed by atoms with E-state index in [4.69, 9.17) is 11.6 Å². The molecule has 1 rings (SSSR count). The minimum atomic E-state index is -0.898. The number of benzene rings is 1. The summed E-state index contributed by atoms with van der Waals surface area (Å²) < 4.78 is 13.2. The van der Waals surface area contributed by atoms with Gasteiger partial charge in [-0.15, -0.1) is 0 Å². The second kappa shape index (κ2) is 5.80. The highest BCUT2D eigenvalue weighted by Crippen LogP contribution is 2.19. The number of nitrogens with one attached hydrogen (secondary N) is 1. The predicted octanol–water partition coefficient (Wildman–Crippen LogP) is 2.77. The van der Waals surface area contributed by atoms with E-state index in [-0.39, 0.29) is 5.02 Å². The van der Waals surface area contributed by atoms with Gasteiger partial charge in [0.1, 0.15) is 5.82 Å². The van der Waals surface area contributed by atoms with Crippen molar-refractivity contribution in [3.8, 4) is 0 Å². The van der Waals surface area contributed by atoms with Crippen LogP contribution in [-0.2, 0) is 6.42 Å². The Bertz CT molecular complexity index is 380. The van der Waals surface area contributed by atoms with Crippen LogP contribution >= 0.6 is 11.6 Å². The zero-order valence-electron chi connectivity index (χ0n) is 10.4. The summed E-state index contributed by atoms with van der Waals surface area (Å²) in [6, 6.07) is 4.92. The maximum Gasteiger partial charge on any atom is 0.142 e. The standard InChI is InChI=1S/C13H19ClFNO/c1-9(2)16-8-13(3,17)7-10-4-5-11(14)12(15)6-10/h4-6,9,16-17H,7-8H2,1-3H3. The highest BCUT2D eigenvalue weighted by molar-refractivity contribution is 6.30. The summed E-state index contributed by atoms with van der Waals surface area (Å²) >= 11 is 5.60. The van der Waals surface area contributed by atoms with E-state index in [1.807, 2.05) is 13.8 Å². The monoisotopic (exact) mass is 259 g/mol. The van der Waals surface area contributed by atoms with E-state index in [9.17, 15) is 9.50 Å². The smallest absolute Gasteiger partial charge is 0.142 e. The summed E-state index contributed by atoms with van der Waals surface area (Å²) in [5.74, 6) is -0.447. The fourth-order valence-corrected chi connectivity index (χ4v) is 1.69. The molecule has 0 aliphatic heterocycles. The molecule has 2 nitrogen and oxygen atoms in total. The first-order valence-corrected chi connectivity index (χ1v) is 6.08. The van der Waals surface area contributed by atoms with Crippen molar-refractivity contribution in [3.05, 3.63) is 34.6 Å². The van der Waals surface area contributed by atoms with Crippen LogP contribution in [0.5, 0.6) is 0 Å². The van der Waals surface area contributed by atoms with Crippen LogP contribution in [-0.4, -0.2) is 23.3 Å². The molecule has 0 bridgehead atoms. The lowest BCUT2D eigenvalue weighted by Crippen LogP contribution is -2.42. The van der Waals surface area contributed by atoms with Gasteiger partial charge in [0.25, 0.3) is 0 Å². The van der Waals surface area contributed by atoms with E-state index in [0.717, 1.165) is 5.56 Å².